The van der Waals surface area contributed by atoms with E-state index in [2.05, 4.69) is 36.0 Å². The molecule has 1 fully saturated rings. The van der Waals surface area contributed by atoms with E-state index in [1.165, 1.54) is 0 Å². The highest BCUT2D eigenvalue weighted by Gasteiger charge is 2.34. The van der Waals surface area contributed by atoms with Crippen LogP contribution in [-0.2, 0) is 12.0 Å². The van der Waals surface area contributed by atoms with Crippen LogP contribution in [-0.4, -0.2) is 28.9 Å². The minimum absolute atomic E-state index is 0.0233. The van der Waals surface area contributed by atoms with E-state index in [0.29, 0.717) is 19.6 Å². The van der Waals surface area contributed by atoms with Crippen molar-refractivity contribution in [2.75, 3.05) is 13.1 Å². The second-order valence-electron chi connectivity index (χ2n) is 6.01. The lowest BCUT2D eigenvalue weighted by Gasteiger charge is -2.30. The van der Waals surface area contributed by atoms with Crippen molar-refractivity contribution in [1.29, 1.82) is 0 Å². The fourth-order valence-electron chi connectivity index (χ4n) is 1.96. The van der Waals surface area contributed by atoms with Gasteiger partial charge in [-0.3, -0.25) is 4.90 Å². The number of piperidine rings is 1. The number of thiazole rings is 1. The molecule has 2 nitrogen and oxygen atoms in total. The zero-order valence-electron chi connectivity index (χ0n) is 11.2. The molecule has 0 bridgehead atoms. The van der Waals surface area contributed by atoms with Crippen molar-refractivity contribution in [3.63, 3.8) is 0 Å². The molecule has 1 aliphatic heterocycles. The van der Waals surface area contributed by atoms with Gasteiger partial charge in [0.05, 0.1) is 12.2 Å². The Morgan fingerprint density at radius 3 is 2.44 bits per heavy atom. The lowest BCUT2D eigenvalue weighted by atomic mass is 9.93. The Hall–Kier alpha value is -0.550. The third kappa shape index (κ3) is 3.48. The van der Waals surface area contributed by atoms with Gasteiger partial charge < -0.3 is 0 Å². The number of hydrogen-bond donors (Lipinski definition) is 0. The highest BCUT2D eigenvalue weighted by Crippen LogP contribution is 2.29. The standard InChI is InChI=1S/C13H20F2N2S/c1-12(2,3)10-9-18-11(16-10)8-17-6-4-13(14,15)5-7-17/h9H,4-8H2,1-3H3. The Kier molecular flexibility index (Phi) is 3.74. The fraction of sp³-hybridized carbons (Fsp3) is 0.769. The van der Waals surface area contributed by atoms with Crippen molar-refractivity contribution in [3.8, 4) is 0 Å². The first-order valence-electron chi connectivity index (χ1n) is 6.31. The van der Waals surface area contributed by atoms with E-state index in [4.69, 9.17) is 0 Å². The van der Waals surface area contributed by atoms with Gasteiger partial charge in [0, 0.05) is 36.7 Å². The Bertz CT molecular complexity index is 399. The van der Waals surface area contributed by atoms with Crippen molar-refractivity contribution >= 4 is 11.3 Å². The van der Waals surface area contributed by atoms with Crippen LogP contribution in [0.2, 0.25) is 0 Å². The molecule has 0 spiro atoms. The smallest absolute Gasteiger partial charge is 0.250 e. The Balaban J connectivity index is 1.93. The monoisotopic (exact) mass is 274 g/mol. The van der Waals surface area contributed by atoms with Gasteiger partial charge in [-0.05, 0) is 0 Å². The third-order valence-corrected chi connectivity index (χ3v) is 4.10. The number of rotatable bonds is 2. The number of halogens is 2. The molecule has 18 heavy (non-hydrogen) atoms. The topological polar surface area (TPSA) is 16.1 Å². The molecule has 2 heterocycles. The van der Waals surface area contributed by atoms with E-state index < -0.39 is 5.92 Å². The van der Waals surface area contributed by atoms with Gasteiger partial charge in [-0.1, -0.05) is 20.8 Å². The van der Waals surface area contributed by atoms with E-state index in [0.717, 1.165) is 10.7 Å². The molecule has 0 unspecified atom stereocenters. The van der Waals surface area contributed by atoms with Crippen LogP contribution in [0.3, 0.4) is 0 Å². The molecule has 102 valence electrons. The van der Waals surface area contributed by atoms with Gasteiger partial charge in [-0.25, -0.2) is 13.8 Å². The normalized spacial score (nSPS) is 21.2. The van der Waals surface area contributed by atoms with E-state index in [9.17, 15) is 8.78 Å². The molecule has 0 amide bonds. The molecule has 0 aliphatic carbocycles. The predicted molar refractivity (Wildman–Crippen MR) is 70.3 cm³/mol. The molecule has 2 rings (SSSR count). The molecule has 0 saturated carbocycles. The molecular formula is C13H20F2N2S. The van der Waals surface area contributed by atoms with E-state index >= 15 is 0 Å². The SMILES string of the molecule is CC(C)(C)c1csc(CN2CCC(F)(F)CC2)n1. The van der Waals surface area contributed by atoms with Crippen LogP contribution in [0.25, 0.3) is 0 Å². The molecule has 1 aromatic rings. The lowest BCUT2D eigenvalue weighted by Crippen LogP contribution is -2.38. The fourth-order valence-corrected chi connectivity index (χ4v) is 3.02. The summed E-state index contributed by atoms with van der Waals surface area (Å²) in [5.41, 5.74) is 1.15. The molecular weight excluding hydrogens is 254 g/mol. The summed E-state index contributed by atoms with van der Waals surface area (Å²) in [5, 5.41) is 3.11. The second-order valence-corrected chi connectivity index (χ2v) is 6.95. The van der Waals surface area contributed by atoms with Crippen LogP contribution in [0, 0.1) is 0 Å². The zero-order valence-corrected chi connectivity index (χ0v) is 12.0. The summed E-state index contributed by atoms with van der Waals surface area (Å²) in [5.74, 6) is -2.46. The highest BCUT2D eigenvalue weighted by atomic mass is 32.1. The molecule has 0 N–H and O–H groups in total. The number of likely N-dealkylation sites (tertiary alicyclic amines) is 1. The van der Waals surface area contributed by atoms with Crippen molar-refractivity contribution in [2.24, 2.45) is 0 Å². The van der Waals surface area contributed by atoms with Gasteiger partial charge in [-0.15, -0.1) is 11.3 Å². The highest BCUT2D eigenvalue weighted by molar-refractivity contribution is 7.09. The van der Waals surface area contributed by atoms with E-state index in [1.54, 1.807) is 11.3 Å². The Labute approximate surface area is 111 Å². The van der Waals surface area contributed by atoms with Gasteiger partial charge >= 0.3 is 0 Å². The summed E-state index contributed by atoms with van der Waals surface area (Å²) in [6.07, 6.45) is -0.0466. The van der Waals surface area contributed by atoms with Crippen LogP contribution >= 0.6 is 11.3 Å². The summed E-state index contributed by atoms with van der Waals surface area (Å²) >= 11 is 1.63. The molecule has 1 aromatic heterocycles. The average Bonchev–Trinajstić information content (AvgIpc) is 2.69. The molecule has 0 atom stereocenters. The van der Waals surface area contributed by atoms with Crippen LogP contribution in [0.4, 0.5) is 8.78 Å². The summed E-state index contributed by atoms with van der Waals surface area (Å²) in [7, 11) is 0. The number of hydrogen-bond acceptors (Lipinski definition) is 3. The first kappa shape index (κ1) is 13.9. The summed E-state index contributed by atoms with van der Waals surface area (Å²) < 4.78 is 26.1. The van der Waals surface area contributed by atoms with Crippen LogP contribution < -0.4 is 0 Å². The van der Waals surface area contributed by atoms with Crippen LogP contribution in [0.15, 0.2) is 5.38 Å². The maximum Gasteiger partial charge on any atom is 0.250 e. The van der Waals surface area contributed by atoms with Crippen molar-refractivity contribution in [2.45, 2.75) is 51.5 Å². The van der Waals surface area contributed by atoms with Gasteiger partial charge in [0.25, 0.3) is 5.92 Å². The maximum absolute atomic E-state index is 13.0. The summed E-state index contributed by atoms with van der Waals surface area (Å²) in [6.45, 7) is 8.04. The minimum Gasteiger partial charge on any atom is -0.296 e. The molecule has 1 aliphatic rings. The third-order valence-electron chi connectivity index (χ3n) is 3.27. The number of aromatic nitrogens is 1. The second kappa shape index (κ2) is 4.85. The van der Waals surface area contributed by atoms with Gasteiger partial charge in [-0.2, -0.15) is 0 Å². The van der Waals surface area contributed by atoms with Crippen molar-refractivity contribution in [3.05, 3.63) is 16.1 Å². The van der Waals surface area contributed by atoms with Crippen LogP contribution in [0.5, 0.6) is 0 Å². The average molecular weight is 274 g/mol. The quantitative estimate of drug-likeness (QED) is 0.818. The van der Waals surface area contributed by atoms with Crippen LogP contribution in [0.1, 0.15) is 44.3 Å². The lowest BCUT2D eigenvalue weighted by molar-refractivity contribution is -0.0566. The zero-order chi connectivity index (χ0) is 13.4. The first-order valence-corrected chi connectivity index (χ1v) is 7.19. The number of nitrogens with zero attached hydrogens (tertiary/aromatic N) is 2. The molecule has 0 radical (unpaired) electrons. The summed E-state index contributed by atoms with van der Waals surface area (Å²) in [4.78, 5) is 6.67. The maximum atomic E-state index is 13.0. The van der Waals surface area contributed by atoms with Crippen molar-refractivity contribution < 1.29 is 8.78 Å². The Morgan fingerprint density at radius 1 is 1.33 bits per heavy atom. The van der Waals surface area contributed by atoms with E-state index in [1.807, 2.05) is 0 Å². The van der Waals surface area contributed by atoms with Gasteiger partial charge in [0.2, 0.25) is 0 Å². The predicted octanol–water partition coefficient (Wildman–Crippen LogP) is 3.67. The van der Waals surface area contributed by atoms with Crippen molar-refractivity contribution in [1.82, 2.24) is 9.88 Å². The summed E-state index contributed by atoms with van der Waals surface area (Å²) in [6, 6.07) is 0. The van der Waals surface area contributed by atoms with Gasteiger partial charge in [0.1, 0.15) is 5.01 Å². The minimum atomic E-state index is -2.46. The Morgan fingerprint density at radius 2 is 1.94 bits per heavy atom. The van der Waals surface area contributed by atoms with Gasteiger partial charge in [0.15, 0.2) is 0 Å². The molecule has 5 heteroatoms. The number of alkyl halides is 2. The first-order chi connectivity index (χ1) is 8.26. The molecule has 1 saturated heterocycles. The largest absolute Gasteiger partial charge is 0.296 e. The molecule has 0 aromatic carbocycles. The van der Waals surface area contributed by atoms with E-state index in [-0.39, 0.29) is 18.3 Å².